The van der Waals surface area contributed by atoms with E-state index in [1.165, 1.54) is 19.2 Å². The number of β-lactam (4-membered cyclic amide) rings is 1. The predicted molar refractivity (Wildman–Crippen MR) is 155 cm³/mol. The Kier molecular flexibility index (Phi) is 8.68. The van der Waals surface area contributed by atoms with Gasteiger partial charge in [-0.15, -0.1) is 15.6 Å². The van der Waals surface area contributed by atoms with Crippen molar-refractivity contribution in [2.45, 2.75) is 38.0 Å². The van der Waals surface area contributed by atoms with Gasteiger partial charge in [0, 0.05) is 17.9 Å². The quantitative estimate of drug-likeness (QED) is 0.0467. The smallest absolute Gasteiger partial charge is 0.418 e. The molecule has 45 heavy (non-hydrogen) atoms. The molecule has 5 rings (SSSR count). The van der Waals surface area contributed by atoms with Crippen molar-refractivity contribution in [2.75, 3.05) is 25.4 Å². The minimum absolute atomic E-state index is 0.0673. The van der Waals surface area contributed by atoms with Crippen LogP contribution in [0.1, 0.15) is 25.2 Å². The van der Waals surface area contributed by atoms with Gasteiger partial charge in [0.25, 0.3) is 23.6 Å². The monoisotopic (exact) mass is 667 g/mol. The van der Waals surface area contributed by atoms with Crippen molar-refractivity contribution in [1.29, 1.82) is 0 Å². The average molecular weight is 668 g/mol. The summed E-state index contributed by atoms with van der Waals surface area (Å²) in [7, 11) is -3.04. The second kappa shape index (κ2) is 12.2. The summed E-state index contributed by atoms with van der Waals surface area (Å²) in [5.74, 6) is -2.50. The third-order valence-corrected chi connectivity index (χ3v) is 8.41. The van der Waals surface area contributed by atoms with E-state index in [9.17, 15) is 27.9 Å². The molecule has 20 heteroatoms. The highest BCUT2D eigenvalue weighted by molar-refractivity contribution is 7.80. The number of hydrogen-bond donors (Lipinski definition) is 5. The lowest BCUT2D eigenvalue weighted by atomic mass is 9.84. The average Bonchev–Trinajstić information content (AvgIpc) is 3.50. The molecule has 2 fully saturated rings. The Balaban J connectivity index is 1.29. The summed E-state index contributed by atoms with van der Waals surface area (Å²) in [5, 5.41) is 21.0. The van der Waals surface area contributed by atoms with E-state index in [1.54, 1.807) is 12.3 Å². The number of carbonyl (C=O) groups is 3. The third kappa shape index (κ3) is 6.83. The van der Waals surface area contributed by atoms with Crippen LogP contribution in [0.5, 0.6) is 5.75 Å². The number of anilines is 1. The van der Waals surface area contributed by atoms with E-state index in [0.717, 1.165) is 42.2 Å². The Morgan fingerprint density at radius 1 is 1.33 bits per heavy atom. The Labute approximate surface area is 260 Å². The summed E-state index contributed by atoms with van der Waals surface area (Å²) >= 11 is 0.967. The first-order valence-corrected chi connectivity index (χ1v) is 15.7. The van der Waals surface area contributed by atoms with E-state index < -0.39 is 58.2 Å². The number of rotatable bonds is 13. The molecule has 18 nitrogen and oxygen atoms in total. The van der Waals surface area contributed by atoms with Crippen LogP contribution in [0.15, 0.2) is 35.1 Å². The number of carbonyl (C=O) groups excluding carboxylic acids is 2. The van der Waals surface area contributed by atoms with Crippen LogP contribution in [0.2, 0.25) is 0 Å². The molecule has 2 amide bonds. The molecule has 242 valence electrons. The lowest BCUT2D eigenvalue weighted by Gasteiger charge is -2.50. The summed E-state index contributed by atoms with van der Waals surface area (Å²) in [6.07, 6.45) is 2.95. The molecule has 0 aliphatic carbocycles. The normalized spacial score (nSPS) is 19.1. The molecule has 5 heterocycles. The van der Waals surface area contributed by atoms with Gasteiger partial charge >= 0.3 is 16.4 Å². The van der Waals surface area contributed by atoms with Gasteiger partial charge in [0.15, 0.2) is 16.6 Å². The fourth-order valence-corrected chi connectivity index (χ4v) is 5.79. The Hall–Kier alpha value is -4.37. The first-order valence-electron chi connectivity index (χ1n) is 13.5. The van der Waals surface area contributed by atoms with Gasteiger partial charge in [0.1, 0.15) is 36.4 Å². The van der Waals surface area contributed by atoms with Gasteiger partial charge in [-0.25, -0.2) is 14.3 Å². The molecule has 0 aromatic carbocycles. The maximum atomic E-state index is 13.2. The standard InChI is InChI=1S/C25H30N8O10S2/c1-25(2)20(22(35)33(25)43-45(38,39)40)29-21(34)19(16-12-44-24(26)28-16)30-42-17(23(36)37)11-41-15-4-5-18-31(3)14(9-32(18)10-15)6-13-7-27-8-13/h4-5,9-10,12-13,17,20,27H,6-8,11H2,1-3H3,(H4-,26,28,29,34,36,37,38,39,40)/p+1/b30-19-/t17?,20-/m1/s1. The highest BCUT2D eigenvalue weighted by Crippen LogP contribution is 2.33. The largest absolute Gasteiger partial charge is 0.485 e. The van der Waals surface area contributed by atoms with Gasteiger partial charge in [-0.1, -0.05) is 5.16 Å². The number of pyridine rings is 1. The van der Waals surface area contributed by atoms with Gasteiger partial charge in [-0.05, 0) is 38.9 Å². The van der Waals surface area contributed by atoms with E-state index in [2.05, 4.69) is 29.6 Å². The fraction of sp³-hybridized carbons (Fsp3) is 0.440. The molecular weight excluding hydrogens is 636 g/mol. The number of oxime groups is 1. The van der Waals surface area contributed by atoms with Crippen molar-refractivity contribution in [2.24, 2.45) is 18.1 Å². The maximum Gasteiger partial charge on any atom is 0.418 e. The molecule has 3 aromatic rings. The van der Waals surface area contributed by atoms with E-state index >= 15 is 0 Å². The van der Waals surface area contributed by atoms with Crippen molar-refractivity contribution in [1.82, 2.24) is 25.2 Å². The van der Waals surface area contributed by atoms with Crippen molar-refractivity contribution in [3.8, 4) is 5.75 Å². The van der Waals surface area contributed by atoms with Crippen LogP contribution >= 0.6 is 11.3 Å². The van der Waals surface area contributed by atoms with Gasteiger partial charge in [-0.3, -0.25) is 14.1 Å². The molecule has 0 saturated carbocycles. The van der Waals surface area contributed by atoms with Crippen LogP contribution in [0.3, 0.4) is 0 Å². The zero-order valence-corrected chi connectivity index (χ0v) is 25.9. The first kappa shape index (κ1) is 32.0. The molecular formula is C25H31N8O10S2+. The number of thiazole rings is 1. The first-order chi connectivity index (χ1) is 21.1. The Morgan fingerprint density at radius 2 is 2.07 bits per heavy atom. The second-order valence-corrected chi connectivity index (χ2v) is 12.9. The third-order valence-electron chi connectivity index (χ3n) is 7.40. The van der Waals surface area contributed by atoms with Crippen LogP contribution in [0.4, 0.5) is 5.13 Å². The molecule has 0 spiro atoms. The number of imidazole rings is 1. The number of nitrogen functional groups attached to an aromatic ring is 1. The number of aryl methyl sites for hydroxylation is 1. The number of nitrogens with zero attached hydrogens (tertiary/aromatic N) is 5. The summed E-state index contributed by atoms with van der Waals surface area (Å²) in [6.45, 7) is 4.20. The van der Waals surface area contributed by atoms with Crippen LogP contribution < -0.4 is 25.5 Å². The Morgan fingerprint density at radius 3 is 2.64 bits per heavy atom. The number of nitrogens with one attached hydrogen (secondary N) is 2. The van der Waals surface area contributed by atoms with Crippen LogP contribution in [0, 0.1) is 5.92 Å². The number of fused-ring (bicyclic) bond motifs is 1. The van der Waals surface area contributed by atoms with Gasteiger partial charge in [0.05, 0.1) is 12.6 Å². The number of amides is 2. The van der Waals surface area contributed by atoms with Crippen molar-refractivity contribution in [3.05, 3.63) is 41.3 Å². The van der Waals surface area contributed by atoms with Gasteiger partial charge in [0.2, 0.25) is 0 Å². The molecule has 2 aliphatic rings. The van der Waals surface area contributed by atoms with Crippen molar-refractivity contribution < 1.29 is 50.7 Å². The zero-order chi connectivity index (χ0) is 32.7. The molecule has 2 aliphatic heterocycles. The molecule has 2 atom stereocenters. The lowest BCUT2D eigenvalue weighted by Crippen LogP contribution is -2.76. The van der Waals surface area contributed by atoms with E-state index in [0.29, 0.717) is 16.7 Å². The topological polar surface area (TPSA) is 241 Å². The number of hydroxylamine groups is 2. The van der Waals surface area contributed by atoms with E-state index in [-0.39, 0.29) is 10.8 Å². The minimum Gasteiger partial charge on any atom is -0.485 e. The number of ether oxygens (including phenoxy) is 1. The summed E-state index contributed by atoms with van der Waals surface area (Å²) < 4.78 is 45.1. The number of carboxylic acids is 1. The highest BCUT2D eigenvalue weighted by atomic mass is 32.3. The fourth-order valence-electron chi connectivity index (χ4n) is 4.79. The number of carboxylic acid groups (broad SMARTS) is 1. The maximum absolute atomic E-state index is 13.2. The predicted octanol–water partition coefficient (Wildman–Crippen LogP) is -1.34. The van der Waals surface area contributed by atoms with Gasteiger partial charge < -0.3 is 31.0 Å². The summed E-state index contributed by atoms with van der Waals surface area (Å²) in [4.78, 5) is 46.9. The van der Waals surface area contributed by atoms with E-state index in [4.69, 9.17) is 19.9 Å². The molecule has 1 unspecified atom stereocenters. The lowest BCUT2D eigenvalue weighted by molar-refractivity contribution is -0.511. The number of aromatic nitrogens is 3. The van der Waals surface area contributed by atoms with Gasteiger partial charge in [-0.2, -0.15) is 17.9 Å². The van der Waals surface area contributed by atoms with Crippen LogP contribution in [-0.2, 0) is 47.4 Å². The molecule has 2 saturated heterocycles. The Bertz CT molecular complexity index is 1780. The minimum atomic E-state index is -5.01. The molecule has 3 aromatic heterocycles. The molecule has 6 N–H and O–H groups in total. The van der Waals surface area contributed by atoms with Crippen molar-refractivity contribution >= 4 is 56.0 Å². The van der Waals surface area contributed by atoms with Crippen LogP contribution in [0.25, 0.3) is 5.65 Å². The molecule has 0 bridgehead atoms. The van der Waals surface area contributed by atoms with Crippen molar-refractivity contribution in [3.63, 3.8) is 0 Å². The summed E-state index contributed by atoms with van der Waals surface area (Å²) in [6, 6.07) is 2.21. The molecule has 0 radical (unpaired) electrons. The van der Waals surface area contributed by atoms with E-state index in [1.807, 2.05) is 23.7 Å². The van der Waals surface area contributed by atoms with Crippen LogP contribution in [-0.4, -0.2) is 93.6 Å². The zero-order valence-electron chi connectivity index (χ0n) is 24.2. The summed E-state index contributed by atoms with van der Waals surface area (Å²) in [5.41, 5.74) is 5.75. The number of hydrogen-bond acceptors (Lipinski definition) is 13. The SMILES string of the molecule is Cn1c(CC2CNC2)c[n+]2cc(OCC(O/N=C(\C(=O)N[C@@H]3C(=O)N(OS(=O)(=O)O)C3(C)C)c3csc(N)n3)C(=O)O)ccc12. The second-order valence-electron chi connectivity index (χ2n) is 11.0. The highest BCUT2D eigenvalue weighted by Gasteiger charge is 2.58. The number of aliphatic carboxylic acids is 1. The number of nitrogens with two attached hydrogens (primary N) is 1.